The fourth-order valence-electron chi connectivity index (χ4n) is 0.906. The van der Waals surface area contributed by atoms with E-state index in [-0.39, 0.29) is 12.4 Å². The number of aliphatic carboxylic acids is 1. The third-order valence-corrected chi connectivity index (χ3v) is 1.36. The molecule has 4 heteroatoms. The maximum Gasteiger partial charge on any atom is 0.300 e. The highest BCUT2D eigenvalue weighted by atomic mass is 35.5. The monoisotopic (exact) mass is 214 g/mol. The number of hydrogen-bond acceptors (Lipinski definition) is 2. The Morgan fingerprint density at radius 3 is 2.43 bits per heavy atom. The van der Waals surface area contributed by atoms with E-state index in [0.717, 1.165) is 17.9 Å². The molecule has 0 unspecified atom stereocenters. The summed E-state index contributed by atoms with van der Waals surface area (Å²) in [4.78, 5) is 9.00. The normalized spacial score (nSPS) is 8.36. The molecule has 0 saturated heterocycles. The van der Waals surface area contributed by atoms with Crippen molar-refractivity contribution in [1.82, 2.24) is 0 Å². The lowest BCUT2D eigenvalue weighted by atomic mass is 10.3. The number of hydrogen-bond donors (Lipinski definition) is 1. The lowest BCUT2D eigenvalue weighted by Gasteiger charge is -1.81. The summed E-state index contributed by atoms with van der Waals surface area (Å²) in [5.74, 6) is -0.833. The molecular formula is C10H11ClO3. The van der Waals surface area contributed by atoms with E-state index < -0.39 is 5.97 Å². The minimum atomic E-state index is -0.833. The fourth-order valence-corrected chi connectivity index (χ4v) is 0.906. The second kappa shape index (κ2) is 6.05. The lowest BCUT2D eigenvalue weighted by Crippen LogP contribution is -1.78. The number of carbonyl (C=O) groups is 1. The van der Waals surface area contributed by atoms with Crippen molar-refractivity contribution in [3.8, 4) is 0 Å². The minimum absolute atomic E-state index is 0. The van der Waals surface area contributed by atoms with Crippen LogP contribution >= 0.6 is 12.4 Å². The molecule has 0 atom stereocenters. The van der Waals surface area contributed by atoms with Gasteiger partial charge in [-0.15, -0.1) is 12.4 Å². The number of halogens is 1. The second-order valence-electron chi connectivity index (χ2n) is 2.48. The zero-order valence-corrected chi connectivity index (χ0v) is 8.45. The van der Waals surface area contributed by atoms with Crippen LogP contribution in [0, 0.1) is 0 Å². The standard InChI is InChI=1S/C8H6O.C2H4O2.ClH/c1-2-4-8-7(3-1)5-6-9-8;1-2(3)4;/h1-6H;1H3,(H,3,4);1H. The van der Waals surface area contributed by atoms with Gasteiger partial charge in [0.05, 0.1) is 6.26 Å². The molecule has 1 aromatic carbocycles. The zero-order chi connectivity index (χ0) is 9.68. The number of carboxylic acids is 1. The molecule has 0 spiro atoms. The van der Waals surface area contributed by atoms with E-state index in [1.165, 1.54) is 0 Å². The Morgan fingerprint density at radius 2 is 1.86 bits per heavy atom. The van der Waals surface area contributed by atoms with E-state index in [9.17, 15) is 0 Å². The average Bonchev–Trinajstić information content (AvgIpc) is 2.49. The zero-order valence-electron chi connectivity index (χ0n) is 7.64. The molecule has 0 aliphatic rings. The molecule has 2 aromatic rings. The lowest BCUT2D eigenvalue weighted by molar-refractivity contribution is -0.134. The Kier molecular flexibility index (Phi) is 5.41. The SMILES string of the molecule is CC(=O)O.Cl.c1ccc2occc2c1. The number of furan rings is 1. The molecule has 3 nitrogen and oxygen atoms in total. The Morgan fingerprint density at radius 1 is 1.29 bits per heavy atom. The van der Waals surface area contributed by atoms with Crippen molar-refractivity contribution in [2.45, 2.75) is 6.92 Å². The van der Waals surface area contributed by atoms with Crippen molar-refractivity contribution in [3.63, 3.8) is 0 Å². The third-order valence-electron chi connectivity index (χ3n) is 1.36. The van der Waals surface area contributed by atoms with Crippen LogP contribution in [0.2, 0.25) is 0 Å². The smallest absolute Gasteiger partial charge is 0.300 e. The molecule has 2 rings (SSSR count). The van der Waals surface area contributed by atoms with Crippen LogP contribution in [0.3, 0.4) is 0 Å². The van der Waals surface area contributed by atoms with Gasteiger partial charge in [-0.05, 0) is 12.1 Å². The minimum Gasteiger partial charge on any atom is -0.481 e. The van der Waals surface area contributed by atoms with Crippen molar-refractivity contribution in [1.29, 1.82) is 0 Å². The fraction of sp³-hybridized carbons (Fsp3) is 0.100. The number of fused-ring (bicyclic) bond motifs is 1. The summed E-state index contributed by atoms with van der Waals surface area (Å²) in [6, 6.07) is 9.90. The van der Waals surface area contributed by atoms with Crippen LogP contribution in [0.5, 0.6) is 0 Å². The van der Waals surface area contributed by atoms with E-state index in [1.54, 1.807) is 6.26 Å². The average molecular weight is 215 g/mol. The van der Waals surface area contributed by atoms with Crippen LogP contribution in [0.4, 0.5) is 0 Å². The van der Waals surface area contributed by atoms with Gasteiger partial charge in [-0.25, -0.2) is 0 Å². The number of para-hydroxylation sites is 1. The summed E-state index contributed by atoms with van der Waals surface area (Å²) in [5, 5.41) is 8.58. The first-order chi connectivity index (χ1) is 6.20. The molecule has 1 N–H and O–H groups in total. The van der Waals surface area contributed by atoms with Crippen LogP contribution in [0.25, 0.3) is 11.0 Å². The molecule has 1 heterocycles. The van der Waals surface area contributed by atoms with Gasteiger partial charge >= 0.3 is 0 Å². The largest absolute Gasteiger partial charge is 0.481 e. The van der Waals surface area contributed by atoms with E-state index >= 15 is 0 Å². The maximum atomic E-state index is 9.00. The molecule has 0 radical (unpaired) electrons. The van der Waals surface area contributed by atoms with Crippen LogP contribution in [0.15, 0.2) is 41.0 Å². The summed E-state index contributed by atoms with van der Waals surface area (Å²) < 4.78 is 5.12. The van der Waals surface area contributed by atoms with Gasteiger partial charge in [0.25, 0.3) is 5.97 Å². The van der Waals surface area contributed by atoms with E-state index in [4.69, 9.17) is 14.3 Å². The van der Waals surface area contributed by atoms with Gasteiger partial charge < -0.3 is 9.52 Å². The van der Waals surface area contributed by atoms with Crippen LogP contribution in [-0.2, 0) is 4.79 Å². The van der Waals surface area contributed by atoms with Gasteiger partial charge in [0.2, 0.25) is 0 Å². The highest BCUT2D eigenvalue weighted by Crippen LogP contribution is 2.12. The first-order valence-electron chi connectivity index (χ1n) is 3.82. The highest BCUT2D eigenvalue weighted by Gasteiger charge is 1.89. The Hall–Kier alpha value is -1.48. The second-order valence-corrected chi connectivity index (χ2v) is 2.48. The predicted molar refractivity (Wildman–Crippen MR) is 56.8 cm³/mol. The van der Waals surface area contributed by atoms with Gasteiger partial charge in [0, 0.05) is 12.3 Å². The van der Waals surface area contributed by atoms with Gasteiger partial charge in [-0.3, -0.25) is 4.79 Å². The molecule has 0 saturated carbocycles. The first-order valence-corrected chi connectivity index (χ1v) is 3.82. The van der Waals surface area contributed by atoms with Gasteiger partial charge in [0.1, 0.15) is 5.58 Å². The summed E-state index contributed by atoms with van der Waals surface area (Å²) in [6.07, 6.45) is 1.70. The summed E-state index contributed by atoms with van der Waals surface area (Å²) >= 11 is 0. The molecule has 14 heavy (non-hydrogen) atoms. The Labute approximate surface area is 87.8 Å². The van der Waals surface area contributed by atoms with Crippen LogP contribution in [0.1, 0.15) is 6.92 Å². The van der Waals surface area contributed by atoms with Gasteiger partial charge in [-0.2, -0.15) is 0 Å². The van der Waals surface area contributed by atoms with E-state index in [1.807, 2.05) is 30.3 Å². The highest BCUT2D eigenvalue weighted by molar-refractivity contribution is 5.85. The van der Waals surface area contributed by atoms with Crippen molar-refractivity contribution in [3.05, 3.63) is 36.6 Å². The third kappa shape index (κ3) is 3.96. The van der Waals surface area contributed by atoms with E-state index in [0.29, 0.717) is 0 Å². The molecule has 0 aliphatic carbocycles. The van der Waals surface area contributed by atoms with Gasteiger partial charge in [-0.1, -0.05) is 18.2 Å². The Balaban J connectivity index is 0.000000299. The predicted octanol–water partition coefficient (Wildman–Crippen LogP) is 2.95. The molecule has 0 aliphatic heterocycles. The molecule has 76 valence electrons. The topological polar surface area (TPSA) is 50.4 Å². The molecular weight excluding hydrogens is 204 g/mol. The van der Waals surface area contributed by atoms with E-state index in [2.05, 4.69) is 0 Å². The van der Waals surface area contributed by atoms with Crippen molar-refractivity contribution in [2.75, 3.05) is 0 Å². The summed E-state index contributed by atoms with van der Waals surface area (Å²) in [6.45, 7) is 1.08. The van der Waals surface area contributed by atoms with Crippen LogP contribution in [-0.4, -0.2) is 11.1 Å². The van der Waals surface area contributed by atoms with Crippen molar-refractivity contribution < 1.29 is 14.3 Å². The quantitative estimate of drug-likeness (QED) is 0.734. The summed E-state index contributed by atoms with van der Waals surface area (Å²) in [7, 11) is 0. The first kappa shape index (κ1) is 12.5. The number of benzene rings is 1. The molecule has 0 fully saturated rings. The molecule has 1 aromatic heterocycles. The molecule has 0 amide bonds. The number of rotatable bonds is 0. The van der Waals surface area contributed by atoms with Crippen LogP contribution < -0.4 is 0 Å². The maximum absolute atomic E-state index is 9.00. The van der Waals surface area contributed by atoms with Crippen molar-refractivity contribution in [2.24, 2.45) is 0 Å². The number of carboxylic acid groups (broad SMARTS) is 1. The summed E-state index contributed by atoms with van der Waals surface area (Å²) in [5.41, 5.74) is 0.956. The van der Waals surface area contributed by atoms with Gasteiger partial charge in [0.15, 0.2) is 0 Å². The Bertz CT molecular complexity index is 361. The van der Waals surface area contributed by atoms with Crippen molar-refractivity contribution >= 4 is 29.3 Å². The molecule has 0 bridgehead atoms.